The highest BCUT2D eigenvalue weighted by Gasteiger charge is 2.62. The molecule has 4 rings (SSSR count). The van der Waals surface area contributed by atoms with Crippen LogP contribution in [0.2, 0.25) is 0 Å². The molecule has 1 unspecified atom stereocenters. The standard InChI is InChI=1S/C27H49O4P/c1-18(2)8-6-9-19(3)22-14-15-23-21-13-12-20-10-7-11-25(31-32(28,29)30)27(20,5)24(21)16-17-26(22,23)4/h18-25H,6-17H2,1-5H3,(H2,28,29,30)/t19-,20+,21+,22-,23-,24-,25?,26+,27-/m0/s1. The van der Waals surface area contributed by atoms with Crippen LogP contribution in [0.1, 0.15) is 112 Å². The lowest BCUT2D eigenvalue weighted by Gasteiger charge is -2.62. The molecule has 5 heteroatoms. The van der Waals surface area contributed by atoms with Gasteiger partial charge in [-0.15, -0.1) is 0 Å². The maximum Gasteiger partial charge on any atom is 0.469 e. The van der Waals surface area contributed by atoms with Crippen LogP contribution in [0.15, 0.2) is 0 Å². The first-order chi connectivity index (χ1) is 15.0. The minimum atomic E-state index is -4.46. The molecule has 0 aromatic heterocycles. The zero-order valence-corrected chi connectivity index (χ0v) is 22.2. The summed E-state index contributed by atoms with van der Waals surface area (Å²) in [6, 6.07) is 0. The molecular weight excluding hydrogens is 419 g/mol. The average Bonchev–Trinajstić information content (AvgIpc) is 3.04. The molecule has 9 atom stereocenters. The van der Waals surface area contributed by atoms with E-state index >= 15 is 0 Å². The van der Waals surface area contributed by atoms with Crippen LogP contribution in [0.25, 0.3) is 0 Å². The molecule has 4 saturated carbocycles. The SMILES string of the molecule is CC(C)CCC[C@H](C)[C@@H]1CC[C@H]2[C@H]3CC[C@H]4CCCC(OP(=O)(O)O)[C@]4(C)[C@H]3CC[C@@]21C. The van der Waals surface area contributed by atoms with Crippen molar-refractivity contribution in [3.63, 3.8) is 0 Å². The van der Waals surface area contributed by atoms with Crippen LogP contribution in [-0.4, -0.2) is 15.9 Å². The molecule has 0 aromatic rings. The van der Waals surface area contributed by atoms with Crippen molar-refractivity contribution in [2.45, 2.75) is 118 Å². The van der Waals surface area contributed by atoms with E-state index in [1.165, 1.54) is 64.2 Å². The predicted molar refractivity (Wildman–Crippen MR) is 130 cm³/mol. The third-order valence-corrected chi connectivity index (χ3v) is 11.7. The van der Waals surface area contributed by atoms with Crippen LogP contribution in [0.4, 0.5) is 0 Å². The Hall–Kier alpha value is 0.110. The van der Waals surface area contributed by atoms with E-state index in [0.717, 1.165) is 36.5 Å². The molecule has 4 aliphatic carbocycles. The van der Waals surface area contributed by atoms with Gasteiger partial charge in [0.15, 0.2) is 0 Å². The lowest BCUT2D eigenvalue weighted by atomic mass is 9.44. The summed E-state index contributed by atoms with van der Waals surface area (Å²) in [6.07, 6.45) is 14.7. The number of phosphoric ester groups is 1. The van der Waals surface area contributed by atoms with E-state index in [0.29, 0.717) is 23.2 Å². The van der Waals surface area contributed by atoms with Crippen molar-refractivity contribution >= 4 is 7.82 Å². The summed E-state index contributed by atoms with van der Waals surface area (Å²) in [5.74, 6) is 5.08. The molecule has 4 aliphatic rings. The number of fused-ring (bicyclic) bond motifs is 5. The van der Waals surface area contributed by atoms with E-state index in [2.05, 4.69) is 34.6 Å². The van der Waals surface area contributed by atoms with Crippen molar-refractivity contribution in [1.29, 1.82) is 0 Å². The molecule has 4 fully saturated rings. The van der Waals surface area contributed by atoms with Gasteiger partial charge in [-0.25, -0.2) is 4.57 Å². The molecule has 0 heterocycles. The third-order valence-electron chi connectivity index (χ3n) is 11.1. The number of hydrogen-bond donors (Lipinski definition) is 2. The lowest BCUT2D eigenvalue weighted by molar-refractivity contribution is -0.161. The highest BCUT2D eigenvalue weighted by molar-refractivity contribution is 7.46. The van der Waals surface area contributed by atoms with Gasteiger partial charge in [-0.05, 0) is 98.2 Å². The van der Waals surface area contributed by atoms with Gasteiger partial charge >= 0.3 is 7.82 Å². The highest BCUT2D eigenvalue weighted by Crippen LogP contribution is 2.69. The third kappa shape index (κ3) is 4.52. The molecular formula is C27H49O4P. The van der Waals surface area contributed by atoms with E-state index in [4.69, 9.17) is 4.52 Å². The molecule has 2 N–H and O–H groups in total. The van der Waals surface area contributed by atoms with E-state index in [1.54, 1.807) is 0 Å². The molecule has 0 radical (unpaired) electrons. The minimum Gasteiger partial charge on any atom is -0.303 e. The van der Waals surface area contributed by atoms with Crippen LogP contribution >= 0.6 is 7.82 Å². The first kappa shape index (κ1) is 25.2. The van der Waals surface area contributed by atoms with E-state index in [9.17, 15) is 14.4 Å². The van der Waals surface area contributed by atoms with Crippen molar-refractivity contribution in [3.05, 3.63) is 0 Å². The number of hydrogen-bond acceptors (Lipinski definition) is 2. The Balaban J connectivity index is 1.52. The van der Waals surface area contributed by atoms with E-state index in [1.807, 2.05) is 0 Å². The summed E-state index contributed by atoms with van der Waals surface area (Å²) < 4.78 is 17.4. The van der Waals surface area contributed by atoms with Crippen molar-refractivity contribution < 1.29 is 18.9 Å². The Kier molecular flexibility index (Phi) is 7.32. The van der Waals surface area contributed by atoms with Gasteiger partial charge in [0.2, 0.25) is 0 Å². The second-order valence-electron chi connectivity index (χ2n) is 13.1. The minimum absolute atomic E-state index is 0.0788. The predicted octanol–water partition coefficient (Wildman–Crippen LogP) is 7.59. The molecule has 0 aromatic carbocycles. The Bertz CT molecular complexity index is 704. The topological polar surface area (TPSA) is 66.8 Å². The van der Waals surface area contributed by atoms with Crippen LogP contribution in [0, 0.1) is 52.3 Å². The fourth-order valence-electron chi connectivity index (χ4n) is 9.64. The Morgan fingerprint density at radius 2 is 1.69 bits per heavy atom. The van der Waals surface area contributed by atoms with Gasteiger partial charge in [-0.3, -0.25) is 4.52 Å². The first-order valence-electron chi connectivity index (χ1n) is 13.7. The molecule has 4 nitrogen and oxygen atoms in total. The van der Waals surface area contributed by atoms with Gasteiger partial charge in [0.25, 0.3) is 0 Å². The van der Waals surface area contributed by atoms with Gasteiger partial charge in [0, 0.05) is 5.41 Å². The zero-order valence-electron chi connectivity index (χ0n) is 21.3. The first-order valence-corrected chi connectivity index (χ1v) is 15.2. The summed E-state index contributed by atoms with van der Waals surface area (Å²) >= 11 is 0. The second-order valence-corrected chi connectivity index (χ2v) is 14.3. The summed E-state index contributed by atoms with van der Waals surface area (Å²) in [7, 11) is -4.46. The van der Waals surface area contributed by atoms with E-state index in [-0.39, 0.29) is 11.5 Å². The van der Waals surface area contributed by atoms with Crippen molar-refractivity contribution in [2.24, 2.45) is 52.3 Å². The van der Waals surface area contributed by atoms with Crippen molar-refractivity contribution in [1.82, 2.24) is 0 Å². The van der Waals surface area contributed by atoms with Crippen LogP contribution < -0.4 is 0 Å². The van der Waals surface area contributed by atoms with E-state index < -0.39 is 7.82 Å². The fraction of sp³-hybridized carbons (Fsp3) is 1.00. The second kappa shape index (κ2) is 9.29. The maximum absolute atomic E-state index is 11.8. The Morgan fingerprint density at radius 3 is 2.38 bits per heavy atom. The van der Waals surface area contributed by atoms with Crippen LogP contribution in [0.5, 0.6) is 0 Å². The summed E-state index contributed by atoms with van der Waals surface area (Å²) in [6.45, 7) is 12.2. The normalized spacial score (nSPS) is 45.2. The maximum atomic E-state index is 11.8. The zero-order chi connectivity index (χ0) is 23.3. The highest BCUT2D eigenvalue weighted by atomic mass is 31.2. The summed E-state index contributed by atoms with van der Waals surface area (Å²) in [5.41, 5.74) is 0.375. The Morgan fingerprint density at radius 1 is 0.938 bits per heavy atom. The average molecular weight is 469 g/mol. The summed E-state index contributed by atoms with van der Waals surface area (Å²) in [4.78, 5) is 19.3. The molecule has 0 spiro atoms. The molecule has 186 valence electrons. The Labute approximate surface area is 196 Å². The molecule has 0 aliphatic heterocycles. The van der Waals surface area contributed by atoms with Crippen LogP contribution in [-0.2, 0) is 9.09 Å². The largest absolute Gasteiger partial charge is 0.469 e. The van der Waals surface area contributed by atoms with Crippen molar-refractivity contribution in [2.75, 3.05) is 0 Å². The number of phosphoric acid groups is 1. The van der Waals surface area contributed by atoms with Gasteiger partial charge < -0.3 is 9.79 Å². The smallest absolute Gasteiger partial charge is 0.303 e. The van der Waals surface area contributed by atoms with Crippen LogP contribution in [0.3, 0.4) is 0 Å². The fourth-order valence-corrected chi connectivity index (χ4v) is 10.3. The lowest BCUT2D eigenvalue weighted by Crippen LogP contribution is -2.58. The van der Waals surface area contributed by atoms with Gasteiger partial charge in [-0.2, -0.15) is 0 Å². The molecule has 0 amide bonds. The van der Waals surface area contributed by atoms with Gasteiger partial charge in [-0.1, -0.05) is 60.3 Å². The molecule has 0 saturated heterocycles. The van der Waals surface area contributed by atoms with Gasteiger partial charge in [0.05, 0.1) is 6.10 Å². The molecule has 0 bridgehead atoms. The monoisotopic (exact) mass is 468 g/mol. The summed E-state index contributed by atoms with van der Waals surface area (Å²) in [5, 5.41) is 0. The molecule has 32 heavy (non-hydrogen) atoms. The van der Waals surface area contributed by atoms with Crippen molar-refractivity contribution in [3.8, 4) is 0 Å². The quantitative estimate of drug-likeness (QED) is 0.378. The van der Waals surface area contributed by atoms with Gasteiger partial charge in [0.1, 0.15) is 0 Å². The number of rotatable bonds is 7.